The molecule has 0 bridgehead atoms. The number of rotatable bonds is 21. The Kier molecular flexibility index (Phi) is 19.0. The van der Waals surface area contributed by atoms with Gasteiger partial charge in [-0.15, -0.1) is 0 Å². The van der Waals surface area contributed by atoms with E-state index in [0.717, 1.165) is 0 Å². The van der Waals surface area contributed by atoms with Crippen LogP contribution < -0.4 is 5.32 Å². The minimum atomic E-state index is 1.21. The van der Waals surface area contributed by atoms with Crippen molar-refractivity contribution in [3.63, 3.8) is 0 Å². The summed E-state index contributed by atoms with van der Waals surface area (Å²) in [5.41, 5.74) is 0. The highest BCUT2D eigenvalue weighted by atomic mass is 32.2. The Bertz CT molecular complexity index is 329. The largest absolute Gasteiger partial charge is 0.324 e. The van der Waals surface area contributed by atoms with Gasteiger partial charge in [0.25, 0.3) is 0 Å². The molecule has 0 amide bonds. The van der Waals surface area contributed by atoms with Crippen molar-refractivity contribution in [1.82, 2.24) is 5.32 Å². The Labute approximate surface area is 188 Å². The number of piperazine rings is 1. The summed E-state index contributed by atoms with van der Waals surface area (Å²) < 4.78 is 1.30. The zero-order chi connectivity index (χ0) is 20.9. The number of thioether (sulfide) groups is 1. The molecule has 1 aliphatic heterocycles. The van der Waals surface area contributed by atoms with E-state index in [1.54, 1.807) is 0 Å². The first-order chi connectivity index (χ1) is 14.3. The van der Waals surface area contributed by atoms with E-state index in [4.69, 9.17) is 0 Å². The second-order valence-electron chi connectivity index (χ2n) is 9.81. The van der Waals surface area contributed by atoms with Crippen molar-refractivity contribution >= 4 is 11.8 Å². The van der Waals surface area contributed by atoms with E-state index in [1.807, 2.05) is 0 Å². The molecule has 0 radical (unpaired) electrons. The van der Waals surface area contributed by atoms with Crippen LogP contribution in [0.15, 0.2) is 0 Å². The van der Waals surface area contributed by atoms with Crippen molar-refractivity contribution in [3.05, 3.63) is 0 Å². The second kappa shape index (κ2) is 20.2. The first-order valence-electron chi connectivity index (χ1n) is 13.4. The van der Waals surface area contributed by atoms with E-state index < -0.39 is 0 Å². The van der Waals surface area contributed by atoms with Crippen LogP contribution in [0, 0.1) is 0 Å². The molecule has 0 aromatic heterocycles. The van der Waals surface area contributed by atoms with Crippen molar-refractivity contribution in [2.45, 2.75) is 116 Å². The first-order valence-corrected chi connectivity index (χ1v) is 14.5. The third-order valence-corrected chi connectivity index (χ3v) is 7.94. The lowest BCUT2D eigenvalue weighted by Gasteiger charge is -2.38. The van der Waals surface area contributed by atoms with Crippen molar-refractivity contribution in [1.29, 1.82) is 0 Å². The number of nitrogens with one attached hydrogen (secondary N) is 1. The zero-order valence-corrected chi connectivity index (χ0v) is 21.1. The van der Waals surface area contributed by atoms with E-state index in [1.165, 1.54) is 158 Å². The summed E-state index contributed by atoms with van der Waals surface area (Å²) in [5.74, 6) is 2.77. The van der Waals surface area contributed by atoms with Gasteiger partial charge in [-0.1, -0.05) is 103 Å². The molecule has 1 aliphatic rings. The monoisotopic (exact) mass is 427 g/mol. The Morgan fingerprint density at radius 2 is 1.00 bits per heavy atom. The quantitative estimate of drug-likeness (QED) is 0.151. The lowest BCUT2D eigenvalue weighted by Crippen LogP contribution is -2.56. The number of likely N-dealkylation sites (N-methyl/N-ethyl adjacent to an activating group) is 1. The second-order valence-corrected chi connectivity index (χ2v) is 11.0. The molecule has 0 aromatic carbocycles. The highest BCUT2D eigenvalue weighted by molar-refractivity contribution is 7.99. The Morgan fingerprint density at radius 1 is 0.586 bits per heavy atom. The fraction of sp³-hybridized carbons (Fsp3) is 1.00. The summed E-state index contributed by atoms with van der Waals surface area (Å²) in [7, 11) is 2.45. The summed E-state index contributed by atoms with van der Waals surface area (Å²) in [6.07, 6.45) is 24.9. The maximum absolute atomic E-state index is 3.48. The van der Waals surface area contributed by atoms with Gasteiger partial charge in [0.2, 0.25) is 0 Å². The molecule has 174 valence electrons. The summed E-state index contributed by atoms with van der Waals surface area (Å²) in [5, 5.41) is 3.48. The number of nitrogens with zero attached hydrogens (tertiary/aromatic N) is 1. The van der Waals surface area contributed by atoms with Crippen LogP contribution in [0.2, 0.25) is 0 Å². The molecule has 1 heterocycles. The molecule has 0 saturated carbocycles. The lowest BCUT2D eigenvalue weighted by atomic mass is 10.0. The fourth-order valence-corrected chi connectivity index (χ4v) is 5.51. The number of unbranched alkanes of at least 4 members (excludes halogenated alkanes) is 15. The standard InChI is InChI=1S/C26H55N2S/c1-3-4-5-6-7-8-9-10-11-12-13-14-15-16-17-18-25-29-26-19-22-28(2)23-20-27-21-24-28/h27H,3-26H2,1-2H3/q+1. The van der Waals surface area contributed by atoms with Gasteiger partial charge in [0.05, 0.1) is 26.7 Å². The molecule has 0 aliphatic carbocycles. The minimum Gasteiger partial charge on any atom is -0.324 e. The molecule has 0 spiro atoms. The molecule has 29 heavy (non-hydrogen) atoms. The Morgan fingerprint density at radius 3 is 1.48 bits per heavy atom. The molecule has 0 unspecified atom stereocenters. The molecular formula is C26H55N2S+. The summed E-state index contributed by atoms with van der Waals surface area (Å²) in [6.45, 7) is 8.75. The van der Waals surface area contributed by atoms with Crippen molar-refractivity contribution < 1.29 is 4.48 Å². The zero-order valence-electron chi connectivity index (χ0n) is 20.3. The predicted molar refractivity (Wildman–Crippen MR) is 135 cm³/mol. The normalized spacial score (nSPS) is 16.3. The predicted octanol–water partition coefficient (Wildman–Crippen LogP) is 7.42. The number of hydrogen-bond donors (Lipinski definition) is 1. The minimum absolute atomic E-state index is 1.21. The van der Waals surface area contributed by atoms with Crippen LogP contribution in [0.4, 0.5) is 0 Å². The van der Waals surface area contributed by atoms with Crippen LogP contribution in [-0.2, 0) is 0 Å². The van der Waals surface area contributed by atoms with Gasteiger partial charge in [0, 0.05) is 19.5 Å². The van der Waals surface area contributed by atoms with Gasteiger partial charge in [-0.2, -0.15) is 11.8 Å². The van der Waals surface area contributed by atoms with E-state index in [0.29, 0.717) is 0 Å². The van der Waals surface area contributed by atoms with Gasteiger partial charge in [-0.05, 0) is 17.9 Å². The summed E-state index contributed by atoms with van der Waals surface area (Å²) in [6, 6.07) is 0. The molecule has 1 fully saturated rings. The van der Waals surface area contributed by atoms with E-state index >= 15 is 0 Å². The third-order valence-electron chi connectivity index (χ3n) is 6.79. The third kappa shape index (κ3) is 17.6. The fourth-order valence-electron chi connectivity index (χ4n) is 4.56. The smallest absolute Gasteiger partial charge is 0.0911 e. The maximum Gasteiger partial charge on any atom is 0.0911 e. The van der Waals surface area contributed by atoms with Crippen LogP contribution >= 0.6 is 11.8 Å². The average molecular weight is 428 g/mol. The van der Waals surface area contributed by atoms with Crippen molar-refractivity contribution in [2.75, 3.05) is 51.3 Å². The van der Waals surface area contributed by atoms with E-state index in [2.05, 4.69) is 31.1 Å². The van der Waals surface area contributed by atoms with Crippen LogP contribution in [-0.4, -0.2) is 55.8 Å². The highest BCUT2D eigenvalue weighted by Crippen LogP contribution is 2.15. The molecule has 0 aromatic rings. The van der Waals surface area contributed by atoms with Crippen LogP contribution in [0.25, 0.3) is 0 Å². The number of hydrogen-bond acceptors (Lipinski definition) is 2. The molecular weight excluding hydrogens is 372 g/mol. The van der Waals surface area contributed by atoms with Gasteiger partial charge in [-0.25, -0.2) is 0 Å². The van der Waals surface area contributed by atoms with Crippen LogP contribution in [0.3, 0.4) is 0 Å². The van der Waals surface area contributed by atoms with E-state index in [-0.39, 0.29) is 0 Å². The topological polar surface area (TPSA) is 12.0 Å². The van der Waals surface area contributed by atoms with E-state index in [9.17, 15) is 0 Å². The summed E-state index contributed by atoms with van der Waals surface area (Å²) >= 11 is 2.20. The molecule has 0 atom stereocenters. The molecule has 3 heteroatoms. The first kappa shape index (κ1) is 27.3. The molecule has 1 saturated heterocycles. The maximum atomic E-state index is 3.48. The Balaban J connectivity index is 1.68. The SMILES string of the molecule is CCCCCCCCCCCCCCCCCCSCCC[N+]1(C)CCNCC1. The number of quaternary nitrogens is 1. The van der Waals surface area contributed by atoms with Gasteiger partial charge in [-0.3, -0.25) is 0 Å². The van der Waals surface area contributed by atoms with Crippen LogP contribution in [0.1, 0.15) is 116 Å². The van der Waals surface area contributed by atoms with Crippen LogP contribution in [0.5, 0.6) is 0 Å². The van der Waals surface area contributed by atoms with Gasteiger partial charge in [0.1, 0.15) is 0 Å². The van der Waals surface area contributed by atoms with Crippen molar-refractivity contribution in [3.8, 4) is 0 Å². The van der Waals surface area contributed by atoms with Gasteiger partial charge in [0.15, 0.2) is 0 Å². The van der Waals surface area contributed by atoms with Gasteiger partial charge < -0.3 is 9.80 Å². The molecule has 1 rings (SSSR count). The lowest BCUT2D eigenvalue weighted by molar-refractivity contribution is -0.911. The Hall–Kier alpha value is 0.270. The summed E-state index contributed by atoms with van der Waals surface area (Å²) in [4.78, 5) is 0. The average Bonchev–Trinajstić information content (AvgIpc) is 2.73. The van der Waals surface area contributed by atoms with Gasteiger partial charge >= 0.3 is 0 Å². The highest BCUT2D eigenvalue weighted by Gasteiger charge is 2.23. The molecule has 2 nitrogen and oxygen atoms in total. The van der Waals surface area contributed by atoms with Crippen molar-refractivity contribution in [2.24, 2.45) is 0 Å². The molecule has 1 N–H and O–H groups in total.